The maximum Gasteiger partial charge on any atom is 0.237 e. The molecule has 5 nitrogen and oxygen atoms in total. The lowest BCUT2D eigenvalue weighted by molar-refractivity contribution is -0.123. The van der Waals surface area contributed by atoms with E-state index in [0.717, 1.165) is 26.0 Å². The first kappa shape index (κ1) is 13.3. The van der Waals surface area contributed by atoms with Crippen LogP contribution in [0.4, 0.5) is 0 Å². The SMILES string of the molecule is NC(=O)C1(N)CCC(N2CCOC3CCCCC32)C1. The molecule has 3 aliphatic rings. The third kappa shape index (κ3) is 2.39. The molecule has 0 spiro atoms. The van der Waals surface area contributed by atoms with Crippen molar-refractivity contribution in [2.75, 3.05) is 13.2 Å². The van der Waals surface area contributed by atoms with E-state index in [0.29, 0.717) is 24.6 Å². The van der Waals surface area contributed by atoms with Crippen molar-refractivity contribution in [3.8, 4) is 0 Å². The molecule has 0 aromatic heterocycles. The van der Waals surface area contributed by atoms with Crippen LogP contribution in [0.25, 0.3) is 0 Å². The lowest BCUT2D eigenvalue weighted by Crippen LogP contribution is -2.57. The number of carbonyl (C=O) groups is 1. The summed E-state index contributed by atoms with van der Waals surface area (Å²) in [5.74, 6) is -0.344. The van der Waals surface area contributed by atoms with Gasteiger partial charge in [-0.05, 0) is 32.1 Å². The van der Waals surface area contributed by atoms with Gasteiger partial charge in [-0.3, -0.25) is 9.69 Å². The smallest absolute Gasteiger partial charge is 0.237 e. The zero-order valence-corrected chi connectivity index (χ0v) is 11.5. The number of carbonyl (C=O) groups excluding carboxylic acids is 1. The van der Waals surface area contributed by atoms with Crippen LogP contribution in [0.2, 0.25) is 0 Å². The number of rotatable bonds is 2. The molecule has 3 fully saturated rings. The minimum absolute atomic E-state index is 0.344. The van der Waals surface area contributed by atoms with Crippen LogP contribution < -0.4 is 11.5 Å². The Labute approximate surface area is 114 Å². The number of primary amides is 1. The van der Waals surface area contributed by atoms with Gasteiger partial charge in [0.1, 0.15) is 0 Å². The molecule has 3 rings (SSSR count). The zero-order chi connectivity index (χ0) is 13.5. The Kier molecular flexibility index (Phi) is 3.53. The maximum atomic E-state index is 11.5. The standard InChI is InChI=1S/C14H25N3O2/c15-13(18)14(16)6-5-10(9-14)17-7-8-19-12-4-2-1-3-11(12)17/h10-12H,1-9,16H2,(H2,15,18). The summed E-state index contributed by atoms with van der Waals surface area (Å²) in [6.07, 6.45) is 7.78. The summed E-state index contributed by atoms with van der Waals surface area (Å²) in [5, 5.41) is 0. The largest absolute Gasteiger partial charge is 0.375 e. The molecule has 0 radical (unpaired) electrons. The van der Waals surface area contributed by atoms with Gasteiger partial charge in [0, 0.05) is 18.6 Å². The molecule has 2 saturated carbocycles. The number of morpholine rings is 1. The third-order valence-corrected chi connectivity index (χ3v) is 5.26. The number of hydrogen-bond donors (Lipinski definition) is 2. The number of ether oxygens (including phenoxy) is 1. The molecule has 0 aromatic rings. The highest BCUT2D eigenvalue weighted by Crippen LogP contribution is 2.37. The van der Waals surface area contributed by atoms with Crippen molar-refractivity contribution in [3.63, 3.8) is 0 Å². The Morgan fingerprint density at radius 1 is 1.26 bits per heavy atom. The van der Waals surface area contributed by atoms with Crippen molar-refractivity contribution in [2.24, 2.45) is 11.5 Å². The van der Waals surface area contributed by atoms with Crippen molar-refractivity contribution >= 4 is 5.91 Å². The van der Waals surface area contributed by atoms with Crippen LogP contribution in [0.5, 0.6) is 0 Å². The molecule has 0 aromatic carbocycles. The van der Waals surface area contributed by atoms with Crippen molar-refractivity contribution in [1.82, 2.24) is 4.90 Å². The van der Waals surface area contributed by atoms with E-state index >= 15 is 0 Å². The average molecular weight is 267 g/mol. The lowest BCUT2D eigenvalue weighted by Gasteiger charge is -2.46. The van der Waals surface area contributed by atoms with Gasteiger partial charge in [-0.25, -0.2) is 0 Å². The van der Waals surface area contributed by atoms with E-state index in [-0.39, 0.29) is 5.91 Å². The fraction of sp³-hybridized carbons (Fsp3) is 0.929. The first-order chi connectivity index (χ1) is 9.10. The Hall–Kier alpha value is -0.650. The Morgan fingerprint density at radius 2 is 2.05 bits per heavy atom. The fourth-order valence-corrected chi connectivity index (χ4v) is 4.14. The second-order valence-electron chi connectivity index (χ2n) is 6.42. The minimum Gasteiger partial charge on any atom is -0.375 e. The molecule has 0 bridgehead atoms. The monoisotopic (exact) mass is 267 g/mol. The minimum atomic E-state index is -0.785. The van der Waals surface area contributed by atoms with Crippen LogP contribution in [-0.4, -0.2) is 47.7 Å². The van der Waals surface area contributed by atoms with Gasteiger partial charge in [-0.2, -0.15) is 0 Å². The first-order valence-electron chi connectivity index (χ1n) is 7.56. The van der Waals surface area contributed by atoms with Crippen molar-refractivity contribution in [2.45, 2.75) is 68.7 Å². The van der Waals surface area contributed by atoms with E-state index in [9.17, 15) is 4.79 Å². The lowest BCUT2D eigenvalue weighted by atomic mass is 9.88. The molecular weight excluding hydrogens is 242 g/mol. The van der Waals surface area contributed by atoms with Gasteiger partial charge in [0.15, 0.2) is 0 Å². The Balaban J connectivity index is 1.70. The van der Waals surface area contributed by atoms with E-state index in [2.05, 4.69) is 4.90 Å². The summed E-state index contributed by atoms with van der Waals surface area (Å²) in [6, 6.07) is 0.940. The van der Waals surface area contributed by atoms with E-state index in [1.807, 2.05) is 0 Å². The van der Waals surface area contributed by atoms with Gasteiger partial charge in [0.05, 0.1) is 18.2 Å². The predicted molar refractivity (Wildman–Crippen MR) is 72.5 cm³/mol. The molecule has 4 atom stereocenters. The fourth-order valence-electron chi connectivity index (χ4n) is 4.14. The van der Waals surface area contributed by atoms with E-state index in [1.54, 1.807) is 0 Å². The molecule has 1 aliphatic heterocycles. The molecule has 4 N–H and O–H groups in total. The summed E-state index contributed by atoms with van der Waals surface area (Å²) in [7, 11) is 0. The van der Waals surface area contributed by atoms with Crippen LogP contribution in [0, 0.1) is 0 Å². The Morgan fingerprint density at radius 3 is 2.79 bits per heavy atom. The van der Waals surface area contributed by atoms with E-state index in [1.165, 1.54) is 25.7 Å². The summed E-state index contributed by atoms with van der Waals surface area (Å²) in [5.41, 5.74) is 10.8. The van der Waals surface area contributed by atoms with Gasteiger partial charge in [0.2, 0.25) is 5.91 Å². The molecule has 1 amide bonds. The molecule has 5 heteroatoms. The number of amides is 1. The van der Waals surface area contributed by atoms with Crippen molar-refractivity contribution in [1.29, 1.82) is 0 Å². The Bertz CT molecular complexity index is 361. The van der Waals surface area contributed by atoms with Gasteiger partial charge < -0.3 is 16.2 Å². The normalized spacial score (nSPS) is 43.9. The quantitative estimate of drug-likeness (QED) is 0.757. The maximum absolute atomic E-state index is 11.5. The van der Waals surface area contributed by atoms with Crippen molar-refractivity contribution in [3.05, 3.63) is 0 Å². The van der Waals surface area contributed by atoms with Crippen LogP contribution >= 0.6 is 0 Å². The molecule has 4 unspecified atom stereocenters. The summed E-state index contributed by atoms with van der Waals surface area (Å²) >= 11 is 0. The average Bonchev–Trinajstić information content (AvgIpc) is 2.82. The van der Waals surface area contributed by atoms with Gasteiger partial charge in [-0.1, -0.05) is 12.8 Å². The summed E-state index contributed by atoms with van der Waals surface area (Å²) < 4.78 is 5.91. The zero-order valence-electron chi connectivity index (χ0n) is 11.5. The molecule has 19 heavy (non-hydrogen) atoms. The highest BCUT2D eigenvalue weighted by molar-refractivity contribution is 5.84. The highest BCUT2D eigenvalue weighted by Gasteiger charge is 2.46. The first-order valence-corrected chi connectivity index (χ1v) is 7.56. The number of nitrogens with two attached hydrogens (primary N) is 2. The number of fused-ring (bicyclic) bond motifs is 1. The van der Waals surface area contributed by atoms with Gasteiger partial charge >= 0.3 is 0 Å². The van der Waals surface area contributed by atoms with Gasteiger partial charge in [0.25, 0.3) is 0 Å². The summed E-state index contributed by atoms with van der Waals surface area (Å²) in [4.78, 5) is 14.0. The van der Waals surface area contributed by atoms with E-state index in [4.69, 9.17) is 16.2 Å². The predicted octanol–water partition coefficient (Wildman–Crippen LogP) is 0.365. The van der Waals surface area contributed by atoms with Crippen LogP contribution in [-0.2, 0) is 9.53 Å². The number of nitrogens with zero attached hydrogens (tertiary/aromatic N) is 1. The molecular formula is C14H25N3O2. The van der Waals surface area contributed by atoms with Crippen LogP contribution in [0.15, 0.2) is 0 Å². The molecule has 1 saturated heterocycles. The van der Waals surface area contributed by atoms with Gasteiger partial charge in [-0.15, -0.1) is 0 Å². The molecule has 1 heterocycles. The van der Waals surface area contributed by atoms with E-state index < -0.39 is 5.54 Å². The molecule has 2 aliphatic carbocycles. The second kappa shape index (κ2) is 5.04. The molecule has 108 valence electrons. The summed E-state index contributed by atoms with van der Waals surface area (Å²) in [6.45, 7) is 1.78. The third-order valence-electron chi connectivity index (χ3n) is 5.26. The number of hydrogen-bond acceptors (Lipinski definition) is 4. The van der Waals surface area contributed by atoms with Crippen molar-refractivity contribution < 1.29 is 9.53 Å². The van der Waals surface area contributed by atoms with Crippen LogP contribution in [0.3, 0.4) is 0 Å². The highest BCUT2D eigenvalue weighted by atomic mass is 16.5. The van der Waals surface area contributed by atoms with Crippen LogP contribution in [0.1, 0.15) is 44.9 Å². The second-order valence-corrected chi connectivity index (χ2v) is 6.42. The topological polar surface area (TPSA) is 81.6 Å².